The Balaban J connectivity index is 2.07. The van der Waals surface area contributed by atoms with E-state index in [9.17, 15) is 9.59 Å². The number of carbonyl (C=O) groups is 2. The second-order valence-electron chi connectivity index (χ2n) is 4.40. The Hall–Kier alpha value is -1.84. The molecule has 0 bridgehead atoms. The summed E-state index contributed by atoms with van der Waals surface area (Å²) in [5.41, 5.74) is 1.68. The Bertz CT molecular complexity index is 482. The lowest BCUT2D eigenvalue weighted by Crippen LogP contribution is -2.31. The summed E-state index contributed by atoms with van der Waals surface area (Å²) in [6, 6.07) is 5.43. The van der Waals surface area contributed by atoms with Gasteiger partial charge in [0.05, 0.1) is 0 Å². The predicted octanol–water partition coefficient (Wildman–Crippen LogP) is 1.67. The highest BCUT2D eigenvalue weighted by molar-refractivity contribution is 6.01. The van der Waals surface area contributed by atoms with Crippen molar-refractivity contribution in [3.63, 3.8) is 0 Å². The average Bonchev–Trinajstić information content (AvgIpc) is 2.77. The number of hydrogen-bond donors (Lipinski definition) is 0. The van der Waals surface area contributed by atoms with Gasteiger partial charge >= 0.3 is 0 Å². The molecule has 0 atom stereocenters. The van der Waals surface area contributed by atoms with Crippen molar-refractivity contribution in [1.82, 2.24) is 4.90 Å². The molecule has 1 amide bonds. The molecule has 4 heteroatoms. The van der Waals surface area contributed by atoms with Crippen molar-refractivity contribution in [2.75, 3.05) is 20.2 Å². The number of ether oxygens (including phenoxy) is 1. The summed E-state index contributed by atoms with van der Waals surface area (Å²) >= 11 is 0. The molecule has 1 aromatic carbocycles. The molecule has 0 N–H and O–H groups in total. The van der Waals surface area contributed by atoms with Gasteiger partial charge in [0.2, 0.25) is 0 Å². The first kappa shape index (κ1) is 12.6. The summed E-state index contributed by atoms with van der Waals surface area (Å²) in [5, 5.41) is 0. The van der Waals surface area contributed by atoms with Crippen LogP contribution in [-0.2, 0) is 11.2 Å². The highest BCUT2D eigenvalue weighted by Gasteiger charge is 2.22. The Morgan fingerprint density at radius 1 is 1.39 bits per heavy atom. The Kier molecular flexibility index (Phi) is 3.65. The van der Waals surface area contributed by atoms with E-state index in [1.165, 1.54) is 0 Å². The molecule has 18 heavy (non-hydrogen) atoms. The number of likely N-dealkylation sites (N-methyl/N-ethyl adjacent to an activating group) is 1. The highest BCUT2D eigenvalue weighted by Crippen LogP contribution is 2.30. The van der Waals surface area contributed by atoms with Gasteiger partial charge in [0.15, 0.2) is 12.4 Å². The van der Waals surface area contributed by atoms with Gasteiger partial charge in [0, 0.05) is 31.1 Å². The second-order valence-corrected chi connectivity index (χ2v) is 4.40. The minimum Gasteiger partial charge on any atom is -0.483 e. The number of nitrogens with zero attached hydrogens (tertiary/aromatic N) is 1. The van der Waals surface area contributed by atoms with Gasteiger partial charge in [0.1, 0.15) is 5.75 Å². The average molecular weight is 247 g/mol. The van der Waals surface area contributed by atoms with Crippen LogP contribution in [0.4, 0.5) is 0 Å². The number of rotatable bonds is 4. The van der Waals surface area contributed by atoms with Crippen molar-refractivity contribution >= 4 is 11.7 Å². The molecule has 1 aromatic rings. The van der Waals surface area contributed by atoms with E-state index >= 15 is 0 Å². The van der Waals surface area contributed by atoms with Gasteiger partial charge in [-0.3, -0.25) is 9.59 Å². The molecule has 0 heterocycles. The molecule has 0 spiro atoms. The van der Waals surface area contributed by atoms with E-state index in [1.54, 1.807) is 18.0 Å². The van der Waals surface area contributed by atoms with E-state index in [4.69, 9.17) is 4.74 Å². The van der Waals surface area contributed by atoms with E-state index < -0.39 is 0 Å². The molecule has 1 aliphatic rings. The van der Waals surface area contributed by atoms with Crippen LogP contribution >= 0.6 is 0 Å². The lowest BCUT2D eigenvalue weighted by atomic mass is 10.1. The standard InChI is InChI=1S/C14H17NO3/c1-3-15(2)14(17)9-18-13-6-4-5-10-11(13)7-8-12(10)16/h4-6H,3,7-9H2,1-2H3. The number of amides is 1. The van der Waals surface area contributed by atoms with Gasteiger partial charge in [-0.1, -0.05) is 12.1 Å². The molecule has 0 aromatic heterocycles. The van der Waals surface area contributed by atoms with Crippen LogP contribution in [0.3, 0.4) is 0 Å². The molecular formula is C14H17NO3. The fraction of sp³-hybridized carbons (Fsp3) is 0.429. The van der Waals surface area contributed by atoms with Crippen molar-refractivity contribution in [3.05, 3.63) is 29.3 Å². The fourth-order valence-corrected chi connectivity index (χ4v) is 2.02. The van der Waals surface area contributed by atoms with Crippen molar-refractivity contribution in [1.29, 1.82) is 0 Å². The van der Waals surface area contributed by atoms with E-state index in [-0.39, 0.29) is 18.3 Å². The zero-order valence-electron chi connectivity index (χ0n) is 10.7. The van der Waals surface area contributed by atoms with Gasteiger partial charge in [-0.25, -0.2) is 0 Å². The topological polar surface area (TPSA) is 46.6 Å². The van der Waals surface area contributed by atoms with Gasteiger partial charge in [-0.2, -0.15) is 0 Å². The molecule has 0 unspecified atom stereocenters. The molecule has 0 aliphatic heterocycles. The van der Waals surface area contributed by atoms with Crippen LogP contribution < -0.4 is 4.74 Å². The first-order valence-corrected chi connectivity index (χ1v) is 6.15. The molecule has 0 saturated carbocycles. The lowest BCUT2D eigenvalue weighted by molar-refractivity contribution is -0.131. The fourth-order valence-electron chi connectivity index (χ4n) is 2.02. The minimum atomic E-state index is -0.0561. The number of Topliss-reactive ketones (excluding diaryl/α,β-unsaturated/α-hetero) is 1. The Morgan fingerprint density at radius 3 is 2.89 bits per heavy atom. The van der Waals surface area contributed by atoms with Crippen LogP contribution in [0.15, 0.2) is 18.2 Å². The Labute approximate surface area is 107 Å². The molecule has 0 radical (unpaired) electrons. The normalized spacial score (nSPS) is 13.3. The number of benzene rings is 1. The number of hydrogen-bond acceptors (Lipinski definition) is 3. The van der Waals surface area contributed by atoms with Crippen molar-refractivity contribution < 1.29 is 14.3 Å². The number of fused-ring (bicyclic) bond motifs is 1. The summed E-state index contributed by atoms with van der Waals surface area (Å²) < 4.78 is 5.54. The van der Waals surface area contributed by atoms with E-state index in [0.29, 0.717) is 25.1 Å². The SMILES string of the molecule is CCN(C)C(=O)COc1cccc2c1CCC2=O. The Morgan fingerprint density at radius 2 is 2.17 bits per heavy atom. The largest absolute Gasteiger partial charge is 0.483 e. The summed E-state index contributed by atoms with van der Waals surface area (Å²) in [4.78, 5) is 24.8. The minimum absolute atomic E-state index is 0.0228. The third kappa shape index (κ3) is 2.37. The molecule has 0 saturated heterocycles. The molecular weight excluding hydrogens is 230 g/mol. The van der Waals surface area contributed by atoms with E-state index in [0.717, 1.165) is 11.1 Å². The quantitative estimate of drug-likeness (QED) is 0.813. The van der Waals surface area contributed by atoms with Crippen LogP contribution in [0.5, 0.6) is 5.75 Å². The summed E-state index contributed by atoms with van der Waals surface area (Å²) in [5.74, 6) is 0.767. The summed E-state index contributed by atoms with van der Waals surface area (Å²) in [6.45, 7) is 2.60. The molecule has 96 valence electrons. The first-order chi connectivity index (χ1) is 8.63. The number of carbonyl (C=O) groups excluding carboxylic acids is 2. The van der Waals surface area contributed by atoms with Crippen LogP contribution in [0, 0.1) is 0 Å². The van der Waals surface area contributed by atoms with Crippen molar-refractivity contribution in [2.24, 2.45) is 0 Å². The second kappa shape index (κ2) is 5.21. The zero-order valence-corrected chi connectivity index (χ0v) is 10.7. The molecule has 2 rings (SSSR count). The smallest absolute Gasteiger partial charge is 0.260 e. The first-order valence-electron chi connectivity index (χ1n) is 6.15. The van der Waals surface area contributed by atoms with E-state index in [1.807, 2.05) is 19.1 Å². The maximum absolute atomic E-state index is 11.6. The third-order valence-electron chi connectivity index (χ3n) is 3.29. The summed E-state index contributed by atoms with van der Waals surface area (Å²) in [7, 11) is 1.74. The molecule has 1 aliphatic carbocycles. The summed E-state index contributed by atoms with van der Waals surface area (Å²) in [6.07, 6.45) is 1.25. The highest BCUT2D eigenvalue weighted by atomic mass is 16.5. The third-order valence-corrected chi connectivity index (χ3v) is 3.29. The van der Waals surface area contributed by atoms with Crippen LogP contribution in [0.25, 0.3) is 0 Å². The van der Waals surface area contributed by atoms with Gasteiger partial charge in [0.25, 0.3) is 5.91 Å². The van der Waals surface area contributed by atoms with Crippen LogP contribution in [-0.4, -0.2) is 36.8 Å². The van der Waals surface area contributed by atoms with Crippen LogP contribution in [0.1, 0.15) is 29.3 Å². The predicted molar refractivity (Wildman–Crippen MR) is 67.9 cm³/mol. The lowest BCUT2D eigenvalue weighted by Gasteiger charge is -2.15. The monoisotopic (exact) mass is 247 g/mol. The van der Waals surface area contributed by atoms with E-state index in [2.05, 4.69) is 0 Å². The van der Waals surface area contributed by atoms with Crippen LogP contribution in [0.2, 0.25) is 0 Å². The molecule has 0 fully saturated rings. The van der Waals surface area contributed by atoms with Crippen molar-refractivity contribution in [2.45, 2.75) is 19.8 Å². The van der Waals surface area contributed by atoms with Gasteiger partial charge in [-0.05, 0) is 19.4 Å². The van der Waals surface area contributed by atoms with Gasteiger partial charge < -0.3 is 9.64 Å². The van der Waals surface area contributed by atoms with Gasteiger partial charge in [-0.15, -0.1) is 0 Å². The maximum Gasteiger partial charge on any atom is 0.260 e. The number of ketones is 1. The maximum atomic E-state index is 11.6. The zero-order chi connectivity index (χ0) is 13.1. The van der Waals surface area contributed by atoms with Crippen molar-refractivity contribution in [3.8, 4) is 5.75 Å². The molecule has 4 nitrogen and oxygen atoms in total.